The Labute approximate surface area is 260 Å². The molecule has 11 nitrogen and oxygen atoms in total. The molecule has 4 amide bonds. The number of piperidine rings is 1. The van der Waals surface area contributed by atoms with Crippen LogP contribution in [0.1, 0.15) is 83.7 Å². The molecule has 0 aliphatic carbocycles. The number of nitrogen functional groups attached to an aromatic ring is 1. The van der Waals surface area contributed by atoms with E-state index in [0.717, 1.165) is 5.56 Å². The molecule has 2 aromatic carbocycles. The molecule has 1 aliphatic rings. The standard InChI is InChI=1S/C20H33N3O4.C13H16N2O2/c1-7-23(8-2)19(26)22-15-9-10-18(17(11-15)14(3)24)27-13-16(25)12-21-20(4,5)6;1-2-13(8-7-11(16)15-12(13)17)9-3-5-10(14)6-4-9/h9-11,16,21,25H,7-8,12-13H2,1-6H3,(H,22,26);3-6H,2,7-8,14H2,1H3,(H,15,16,17). The fourth-order valence-corrected chi connectivity index (χ4v) is 4.76. The lowest BCUT2D eigenvalue weighted by molar-refractivity contribution is -0.138. The SMILES string of the molecule is CCC1(c2ccc(N)cc2)CCC(=O)NC1=O.CCN(CC)C(=O)Nc1ccc(OCC(O)CNC(C)(C)C)c(C(C)=O)c1. The zero-order valence-electron chi connectivity index (χ0n) is 27.1. The molecular weight excluding hydrogens is 562 g/mol. The van der Waals surface area contributed by atoms with Crippen molar-refractivity contribution >= 4 is 35.0 Å². The lowest BCUT2D eigenvalue weighted by Crippen LogP contribution is -2.51. The van der Waals surface area contributed by atoms with Gasteiger partial charge in [-0.05, 0) is 90.3 Å². The molecule has 11 heteroatoms. The van der Waals surface area contributed by atoms with Crippen molar-refractivity contribution in [2.75, 3.05) is 37.3 Å². The molecule has 6 N–H and O–H groups in total. The van der Waals surface area contributed by atoms with Crippen LogP contribution < -0.4 is 26.4 Å². The smallest absolute Gasteiger partial charge is 0.321 e. The normalized spacial score (nSPS) is 17.1. The van der Waals surface area contributed by atoms with Gasteiger partial charge in [-0.3, -0.25) is 19.7 Å². The fraction of sp³-hybridized carbons (Fsp3) is 0.515. The number of nitrogens with two attached hydrogens (primary N) is 1. The second-order valence-corrected chi connectivity index (χ2v) is 11.9. The number of anilines is 2. The number of benzene rings is 2. The fourth-order valence-electron chi connectivity index (χ4n) is 4.76. The van der Waals surface area contributed by atoms with Gasteiger partial charge in [-0.15, -0.1) is 0 Å². The van der Waals surface area contributed by atoms with Crippen molar-refractivity contribution in [3.05, 3.63) is 53.6 Å². The Morgan fingerprint density at radius 3 is 2.25 bits per heavy atom. The molecule has 0 aromatic heterocycles. The Hall–Kier alpha value is -3.96. The molecule has 3 rings (SSSR count). The third kappa shape index (κ3) is 10.3. The molecule has 242 valence electrons. The van der Waals surface area contributed by atoms with E-state index >= 15 is 0 Å². The number of nitrogens with zero attached hydrogens (tertiary/aromatic N) is 1. The maximum Gasteiger partial charge on any atom is 0.321 e. The van der Waals surface area contributed by atoms with Gasteiger partial charge in [0.25, 0.3) is 0 Å². The maximum atomic E-state index is 12.2. The molecule has 1 heterocycles. The Kier molecular flexibility index (Phi) is 13.3. The second-order valence-electron chi connectivity index (χ2n) is 11.9. The molecule has 0 saturated carbocycles. The first-order valence-electron chi connectivity index (χ1n) is 15.1. The summed E-state index contributed by atoms with van der Waals surface area (Å²) in [5.74, 6) is -0.167. The molecule has 0 bridgehead atoms. The van der Waals surface area contributed by atoms with Gasteiger partial charge in [-0.25, -0.2) is 4.79 Å². The summed E-state index contributed by atoms with van der Waals surface area (Å²) in [5, 5.41) is 18.5. The predicted molar refractivity (Wildman–Crippen MR) is 173 cm³/mol. The molecule has 2 unspecified atom stereocenters. The molecule has 0 radical (unpaired) electrons. The topological polar surface area (TPSA) is 163 Å². The first-order valence-corrected chi connectivity index (χ1v) is 15.1. The molecule has 1 aliphatic heterocycles. The minimum atomic E-state index is -0.703. The highest BCUT2D eigenvalue weighted by Gasteiger charge is 2.42. The number of carbonyl (C=O) groups excluding carboxylic acids is 4. The summed E-state index contributed by atoms with van der Waals surface area (Å²) in [5.41, 5.74) is 7.45. The summed E-state index contributed by atoms with van der Waals surface area (Å²) in [6, 6.07) is 12.0. The number of amides is 4. The number of β-amino-alcohol motifs (C(OH)–C–C–N with tert-alkyl or cyclic N) is 1. The van der Waals surface area contributed by atoms with E-state index in [-0.39, 0.29) is 35.8 Å². The Balaban J connectivity index is 0.000000338. The number of Topliss-reactive ketones (excluding diaryl/α,β-unsaturated/α-hetero) is 1. The van der Waals surface area contributed by atoms with Crippen molar-refractivity contribution in [2.45, 2.75) is 84.8 Å². The third-order valence-electron chi connectivity index (χ3n) is 7.49. The van der Waals surface area contributed by atoms with Crippen LogP contribution in [0.4, 0.5) is 16.2 Å². The van der Waals surface area contributed by atoms with Gasteiger partial charge in [0.05, 0.1) is 11.0 Å². The van der Waals surface area contributed by atoms with Crippen LogP contribution in [0.2, 0.25) is 0 Å². The quantitative estimate of drug-likeness (QED) is 0.143. The van der Waals surface area contributed by atoms with E-state index in [9.17, 15) is 24.3 Å². The lowest BCUT2D eigenvalue weighted by atomic mass is 9.72. The Morgan fingerprint density at radius 2 is 1.73 bits per heavy atom. The van der Waals surface area contributed by atoms with Gasteiger partial charge in [0.2, 0.25) is 11.8 Å². The number of aliphatic hydroxyl groups excluding tert-OH is 1. The summed E-state index contributed by atoms with van der Waals surface area (Å²) in [4.78, 5) is 49.1. The third-order valence-corrected chi connectivity index (χ3v) is 7.49. The van der Waals surface area contributed by atoms with Crippen molar-refractivity contribution in [1.29, 1.82) is 0 Å². The number of hydrogen-bond donors (Lipinski definition) is 5. The van der Waals surface area contributed by atoms with Gasteiger partial charge in [0.1, 0.15) is 18.5 Å². The highest BCUT2D eigenvalue weighted by atomic mass is 16.5. The van der Waals surface area contributed by atoms with E-state index in [0.29, 0.717) is 61.6 Å². The highest BCUT2D eigenvalue weighted by Crippen LogP contribution is 2.36. The van der Waals surface area contributed by atoms with Crippen molar-refractivity contribution in [2.24, 2.45) is 0 Å². The van der Waals surface area contributed by atoms with Crippen molar-refractivity contribution in [1.82, 2.24) is 15.5 Å². The first kappa shape index (κ1) is 36.2. The maximum absolute atomic E-state index is 12.2. The van der Waals surface area contributed by atoms with E-state index in [2.05, 4.69) is 16.0 Å². The van der Waals surface area contributed by atoms with Crippen LogP contribution in [0, 0.1) is 0 Å². The summed E-state index contributed by atoms with van der Waals surface area (Å²) < 4.78 is 5.64. The minimum Gasteiger partial charge on any atom is -0.490 e. The minimum absolute atomic E-state index is 0.0640. The van der Waals surface area contributed by atoms with Crippen LogP contribution in [0.15, 0.2) is 42.5 Å². The summed E-state index contributed by atoms with van der Waals surface area (Å²) in [6.07, 6.45) is 0.934. The number of nitrogens with one attached hydrogen (secondary N) is 3. The summed E-state index contributed by atoms with van der Waals surface area (Å²) >= 11 is 0. The zero-order valence-corrected chi connectivity index (χ0v) is 27.1. The molecular formula is C33H49N5O6. The molecule has 2 aromatic rings. The first-order chi connectivity index (χ1) is 20.6. The average Bonchev–Trinajstić information content (AvgIpc) is 2.97. The number of hydrogen-bond acceptors (Lipinski definition) is 8. The van der Waals surface area contributed by atoms with Crippen LogP contribution >= 0.6 is 0 Å². The van der Waals surface area contributed by atoms with Crippen molar-refractivity contribution < 1.29 is 29.0 Å². The van der Waals surface area contributed by atoms with Gasteiger partial charge in [-0.1, -0.05) is 19.1 Å². The average molecular weight is 612 g/mol. The van der Waals surface area contributed by atoms with E-state index in [1.165, 1.54) is 6.92 Å². The van der Waals surface area contributed by atoms with Gasteiger partial charge < -0.3 is 31.1 Å². The van der Waals surface area contributed by atoms with Gasteiger partial charge in [0.15, 0.2) is 5.78 Å². The number of carbonyl (C=O) groups is 4. The number of ether oxygens (including phenoxy) is 1. The zero-order chi connectivity index (χ0) is 33.1. The van der Waals surface area contributed by atoms with Crippen molar-refractivity contribution in [3.8, 4) is 5.75 Å². The number of urea groups is 1. The van der Waals surface area contributed by atoms with E-state index in [4.69, 9.17) is 10.5 Å². The van der Waals surface area contributed by atoms with Crippen LogP contribution in [0.25, 0.3) is 0 Å². The van der Waals surface area contributed by atoms with Gasteiger partial charge >= 0.3 is 6.03 Å². The number of imide groups is 1. The molecule has 0 spiro atoms. The molecule has 1 fully saturated rings. The summed E-state index contributed by atoms with van der Waals surface area (Å²) in [6.45, 7) is 14.9. The van der Waals surface area contributed by atoms with Gasteiger partial charge in [-0.2, -0.15) is 0 Å². The van der Waals surface area contributed by atoms with E-state index < -0.39 is 11.5 Å². The van der Waals surface area contributed by atoms with Crippen LogP contribution in [-0.4, -0.2) is 71.5 Å². The lowest BCUT2D eigenvalue weighted by Gasteiger charge is -2.34. The Morgan fingerprint density at radius 1 is 1.09 bits per heavy atom. The number of rotatable bonds is 11. The number of aliphatic hydroxyl groups is 1. The largest absolute Gasteiger partial charge is 0.490 e. The van der Waals surface area contributed by atoms with Gasteiger partial charge in [0, 0.05) is 43.0 Å². The second kappa shape index (κ2) is 16.2. The highest BCUT2D eigenvalue weighted by molar-refractivity contribution is 6.03. The summed E-state index contributed by atoms with van der Waals surface area (Å²) in [7, 11) is 0. The number of ketones is 1. The van der Waals surface area contributed by atoms with E-state index in [1.54, 1.807) is 35.2 Å². The van der Waals surface area contributed by atoms with Crippen LogP contribution in [0.5, 0.6) is 5.75 Å². The predicted octanol–water partition coefficient (Wildman–Crippen LogP) is 4.24. The van der Waals surface area contributed by atoms with Crippen LogP contribution in [-0.2, 0) is 15.0 Å². The van der Waals surface area contributed by atoms with Crippen LogP contribution in [0.3, 0.4) is 0 Å². The monoisotopic (exact) mass is 611 g/mol. The van der Waals surface area contributed by atoms with Crippen molar-refractivity contribution in [3.63, 3.8) is 0 Å². The Bertz CT molecular complexity index is 1290. The molecule has 1 saturated heterocycles. The molecule has 44 heavy (non-hydrogen) atoms. The molecule has 2 atom stereocenters. The van der Waals surface area contributed by atoms with E-state index in [1.807, 2.05) is 53.7 Å².